The molecule has 14 heteroatoms. The van der Waals surface area contributed by atoms with Gasteiger partial charge in [0, 0.05) is 0 Å². The largest absolute Gasteiger partial charge is 0.416 e. The van der Waals surface area contributed by atoms with Crippen LogP contribution in [0.25, 0.3) is 0 Å². The van der Waals surface area contributed by atoms with Crippen LogP contribution in [0.3, 0.4) is 0 Å². The molecule has 1 atom stereocenters. The van der Waals surface area contributed by atoms with Crippen molar-refractivity contribution in [3.8, 4) is 0 Å². The Morgan fingerprint density at radius 2 is 0.878 bits per heavy atom. The van der Waals surface area contributed by atoms with E-state index in [-0.39, 0.29) is 29.5 Å². The quantitative estimate of drug-likeness (QED) is 0.196. The monoisotopic (exact) mass is 746 g/mol. The van der Waals surface area contributed by atoms with E-state index < -0.39 is 73.4 Å². The summed E-state index contributed by atoms with van der Waals surface area (Å²) in [5, 5.41) is -1.01. The molecule has 270 valence electrons. The maximum Gasteiger partial charge on any atom is 0.416 e. The third-order valence-corrected chi connectivity index (χ3v) is 16.2. The van der Waals surface area contributed by atoms with Crippen LogP contribution in [0.1, 0.15) is 99.8 Å². The molecule has 3 aliphatic carbocycles. The zero-order valence-electron chi connectivity index (χ0n) is 26.6. The Morgan fingerprint density at radius 1 is 0.531 bits per heavy atom. The standard InChI is InChI=1S/C35H36F12P2/c1-21(48(26-9-4-2-5-10-26)27-11-6-3-7-12-27)30-13-8-14-31(30)49(28-17-22(32(36,37)38)15-23(18-28)33(39,40)41)29-19-24(34(42,43)44)16-25(20-29)35(45,46)47/h8,14-21,26-27H,2-7,9-13H2,1H3/t21-/m1/s1. The van der Waals surface area contributed by atoms with Crippen molar-refractivity contribution < 1.29 is 52.7 Å². The summed E-state index contributed by atoms with van der Waals surface area (Å²) in [5.41, 5.74) is -5.49. The minimum absolute atomic E-state index is 0.0852. The summed E-state index contributed by atoms with van der Waals surface area (Å²) in [4.78, 5) is 0. The average Bonchev–Trinajstić information content (AvgIpc) is 3.50. The van der Waals surface area contributed by atoms with Crippen LogP contribution < -0.4 is 10.6 Å². The fourth-order valence-corrected chi connectivity index (χ4v) is 14.8. The Labute approximate surface area is 279 Å². The Bertz CT molecular complexity index is 1380. The summed E-state index contributed by atoms with van der Waals surface area (Å²) in [5.74, 6) is 0. The summed E-state index contributed by atoms with van der Waals surface area (Å²) < 4.78 is 169. The maximum absolute atomic E-state index is 14.1. The summed E-state index contributed by atoms with van der Waals surface area (Å²) in [6.07, 6.45) is -7.37. The minimum atomic E-state index is -5.27. The van der Waals surface area contributed by atoms with Crippen LogP contribution in [0.5, 0.6) is 0 Å². The van der Waals surface area contributed by atoms with E-state index in [1.165, 1.54) is 6.08 Å². The molecule has 0 heterocycles. The molecule has 2 aromatic rings. The Morgan fingerprint density at radius 3 is 1.20 bits per heavy atom. The summed E-state index contributed by atoms with van der Waals surface area (Å²) in [6.45, 7) is 1.99. The van der Waals surface area contributed by atoms with Crippen LogP contribution in [-0.4, -0.2) is 17.0 Å². The van der Waals surface area contributed by atoms with Crippen LogP contribution in [0.4, 0.5) is 52.7 Å². The van der Waals surface area contributed by atoms with Crippen molar-refractivity contribution in [2.75, 3.05) is 0 Å². The molecule has 0 nitrogen and oxygen atoms in total. The van der Waals surface area contributed by atoms with Crippen LogP contribution in [0.2, 0.25) is 0 Å². The van der Waals surface area contributed by atoms with E-state index in [2.05, 4.69) is 0 Å². The molecule has 0 bridgehead atoms. The fraction of sp³-hybridized carbons (Fsp3) is 0.543. The number of hydrogen-bond acceptors (Lipinski definition) is 0. The maximum atomic E-state index is 14.1. The highest BCUT2D eigenvalue weighted by Gasteiger charge is 2.42. The lowest BCUT2D eigenvalue weighted by Gasteiger charge is -2.43. The third kappa shape index (κ3) is 8.88. The molecule has 0 saturated heterocycles. The molecule has 0 amide bonds. The van der Waals surface area contributed by atoms with Gasteiger partial charge in [0.1, 0.15) is 0 Å². The summed E-state index contributed by atoms with van der Waals surface area (Å²) >= 11 is 0. The fourth-order valence-electron chi connectivity index (χ4n) is 7.54. The lowest BCUT2D eigenvalue weighted by atomic mass is 9.99. The van der Waals surface area contributed by atoms with Crippen molar-refractivity contribution in [2.45, 2.75) is 119 Å². The van der Waals surface area contributed by atoms with Gasteiger partial charge in [-0.05, 0) is 109 Å². The average molecular weight is 747 g/mol. The minimum Gasteiger partial charge on any atom is -0.166 e. The van der Waals surface area contributed by atoms with Gasteiger partial charge < -0.3 is 0 Å². The van der Waals surface area contributed by atoms with Gasteiger partial charge in [0.25, 0.3) is 0 Å². The molecule has 2 aromatic carbocycles. The number of benzene rings is 2. The molecule has 3 aliphatic rings. The predicted molar refractivity (Wildman–Crippen MR) is 170 cm³/mol. The van der Waals surface area contributed by atoms with Gasteiger partial charge in [0.15, 0.2) is 0 Å². The summed E-state index contributed by atoms with van der Waals surface area (Å²) in [6, 6.07) is 1.61. The second-order valence-electron chi connectivity index (χ2n) is 13.1. The highest BCUT2D eigenvalue weighted by atomic mass is 31.1. The van der Waals surface area contributed by atoms with Gasteiger partial charge >= 0.3 is 24.7 Å². The van der Waals surface area contributed by atoms with E-state index in [0.29, 0.717) is 41.2 Å². The van der Waals surface area contributed by atoms with E-state index in [1.807, 2.05) is 6.92 Å². The van der Waals surface area contributed by atoms with Gasteiger partial charge in [-0.15, -0.1) is 0 Å². The lowest BCUT2D eigenvalue weighted by molar-refractivity contribution is -0.144. The zero-order valence-corrected chi connectivity index (χ0v) is 28.3. The molecule has 0 spiro atoms. The van der Waals surface area contributed by atoms with Crippen molar-refractivity contribution in [2.24, 2.45) is 0 Å². The number of allylic oxidation sites excluding steroid dienone is 4. The van der Waals surface area contributed by atoms with Gasteiger partial charge in [-0.1, -0.05) is 71.1 Å². The highest BCUT2D eigenvalue weighted by Crippen LogP contribution is 2.63. The topological polar surface area (TPSA) is 0 Å². The first-order valence-electron chi connectivity index (χ1n) is 16.3. The second-order valence-corrected chi connectivity index (χ2v) is 18.4. The number of alkyl halides is 12. The third-order valence-electron chi connectivity index (χ3n) is 9.79. The number of halogens is 12. The van der Waals surface area contributed by atoms with Gasteiger partial charge in [0.05, 0.1) is 22.3 Å². The Hall–Kier alpha value is -2.06. The molecule has 0 aromatic heterocycles. The second kappa shape index (κ2) is 14.5. The van der Waals surface area contributed by atoms with Crippen LogP contribution in [0.15, 0.2) is 59.4 Å². The van der Waals surface area contributed by atoms with Crippen molar-refractivity contribution in [3.63, 3.8) is 0 Å². The van der Waals surface area contributed by atoms with Gasteiger partial charge in [-0.25, -0.2) is 0 Å². The molecule has 5 rings (SSSR count). The molecule has 0 radical (unpaired) electrons. The SMILES string of the molecule is C[C@H](C1=C(P(c2cc(C(F)(F)F)cc(C(F)(F)F)c2)c2cc(C(F)(F)F)cc(C(F)(F)F)c2)C=CC1)P(C1CCCCC1)C1CCCCC1. The van der Waals surface area contributed by atoms with Crippen LogP contribution in [0, 0.1) is 0 Å². The van der Waals surface area contributed by atoms with E-state index in [0.717, 1.165) is 64.2 Å². The summed E-state index contributed by atoms with van der Waals surface area (Å²) in [7, 11) is -3.50. The predicted octanol–water partition coefficient (Wildman–Crippen LogP) is 12.9. The highest BCUT2D eigenvalue weighted by molar-refractivity contribution is 7.77. The number of hydrogen-bond donors (Lipinski definition) is 0. The van der Waals surface area contributed by atoms with Crippen LogP contribution in [-0.2, 0) is 24.7 Å². The molecular weight excluding hydrogens is 710 g/mol. The zero-order chi connectivity index (χ0) is 35.9. The smallest absolute Gasteiger partial charge is 0.166 e. The molecule has 2 fully saturated rings. The first kappa shape index (κ1) is 38.2. The van der Waals surface area contributed by atoms with Gasteiger partial charge in [-0.2, -0.15) is 52.7 Å². The number of rotatable bonds is 7. The molecule has 0 unspecified atom stereocenters. The Balaban J connectivity index is 1.78. The van der Waals surface area contributed by atoms with Crippen LogP contribution >= 0.6 is 15.8 Å². The first-order chi connectivity index (χ1) is 22.7. The van der Waals surface area contributed by atoms with Gasteiger partial charge in [-0.3, -0.25) is 0 Å². The van der Waals surface area contributed by atoms with E-state index in [4.69, 9.17) is 0 Å². The van der Waals surface area contributed by atoms with Crippen molar-refractivity contribution in [3.05, 3.63) is 81.7 Å². The van der Waals surface area contributed by atoms with Crippen molar-refractivity contribution in [1.82, 2.24) is 0 Å². The van der Waals surface area contributed by atoms with Crippen molar-refractivity contribution >= 4 is 26.5 Å². The molecule has 2 saturated carbocycles. The van der Waals surface area contributed by atoms with E-state index in [1.54, 1.807) is 6.08 Å². The molecule has 0 aliphatic heterocycles. The first-order valence-corrected chi connectivity index (χ1v) is 19.2. The molecular formula is C35H36F12P2. The molecule has 0 N–H and O–H groups in total. The Kier molecular flexibility index (Phi) is 11.3. The van der Waals surface area contributed by atoms with Crippen molar-refractivity contribution in [1.29, 1.82) is 0 Å². The van der Waals surface area contributed by atoms with E-state index >= 15 is 0 Å². The van der Waals surface area contributed by atoms with E-state index in [9.17, 15) is 52.7 Å². The molecule has 49 heavy (non-hydrogen) atoms. The van der Waals surface area contributed by atoms with Gasteiger partial charge in [0.2, 0.25) is 0 Å². The normalized spacial score (nSPS) is 19.8. The lowest BCUT2D eigenvalue weighted by Crippen LogP contribution is -2.27.